The maximum atomic E-state index is 13.6. The van der Waals surface area contributed by atoms with E-state index in [1.165, 1.54) is 12.5 Å². The largest absolute Gasteiger partial charge is 0.493 e. The summed E-state index contributed by atoms with van der Waals surface area (Å²) in [4.78, 5) is 8.44. The van der Waals surface area contributed by atoms with Crippen molar-refractivity contribution in [2.75, 3.05) is 11.9 Å². The van der Waals surface area contributed by atoms with Crippen molar-refractivity contribution >= 4 is 33.8 Å². The second-order valence-corrected chi connectivity index (χ2v) is 8.93. The summed E-state index contributed by atoms with van der Waals surface area (Å²) in [6.07, 6.45) is 4.97. The van der Waals surface area contributed by atoms with E-state index in [1.807, 2.05) is 6.07 Å². The van der Waals surface area contributed by atoms with Gasteiger partial charge in [-0.2, -0.15) is 13.2 Å². The molecule has 2 aromatic heterocycles. The number of hydrogen-bond donors (Lipinski definition) is 1. The highest BCUT2D eigenvalue weighted by molar-refractivity contribution is 7.20. The van der Waals surface area contributed by atoms with E-state index in [0.717, 1.165) is 55.1 Å². The van der Waals surface area contributed by atoms with Crippen LogP contribution >= 0.6 is 22.9 Å². The lowest BCUT2D eigenvalue weighted by Gasteiger charge is -2.15. The first-order valence-electron chi connectivity index (χ1n) is 10.6. The molecule has 1 N–H and O–H groups in total. The van der Waals surface area contributed by atoms with Crippen LogP contribution in [-0.2, 0) is 6.18 Å². The predicted octanol–water partition coefficient (Wildman–Crippen LogP) is 8.36. The number of nitrogens with one attached hydrogen (secondary N) is 1. The van der Waals surface area contributed by atoms with Crippen LogP contribution in [0.15, 0.2) is 42.7 Å². The Labute approximate surface area is 194 Å². The zero-order valence-electron chi connectivity index (χ0n) is 17.7. The normalized spacial score (nSPS) is 11.5. The monoisotopic (exact) mass is 483 g/mol. The van der Waals surface area contributed by atoms with Gasteiger partial charge in [-0.25, -0.2) is 4.98 Å². The SMILES string of the molecule is CCCCCCCCOc1ccc(Nc2nc(-c3cccnc3)c(Cl)s2)cc1C(F)(F)F. The fourth-order valence-corrected chi connectivity index (χ4v) is 4.29. The van der Waals surface area contributed by atoms with Gasteiger partial charge >= 0.3 is 6.18 Å². The van der Waals surface area contributed by atoms with Crippen LogP contribution in [0, 0.1) is 0 Å². The summed E-state index contributed by atoms with van der Waals surface area (Å²) in [7, 11) is 0. The van der Waals surface area contributed by atoms with E-state index in [2.05, 4.69) is 22.2 Å². The molecule has 0 radical (unpaired) electrons. The van der Waals surface area contributed by atoms with Crippen LogP contribution < -0.4 is 10.1 Å². The van der Waals surface area contributed by atoms with Crippen molar-refractivity contribution in [2.45, 2.75) is 51.6 Å². The van der Waals surface area contributed by atoms with Gasteiger partial charge in [0.2, 0.25) is 0 Å². The molecular weight excluding hydrogens is 459 g/mol. The van der Waals surface area contributed by atoms with Gasteiger partial charge in [0.05, 0.1) is 12.2 Å². The number of ether oxygens (including phenoxy) is 1. The van der Waals surface area contributed by atoms with Crippen molar-refractivity contribution in [1.29, 1.82) is 0 Å². The minimum atomic E-state index is -4.53. The molecule has 0 saturated carbocycles. The molecule has 0 aliphatic rings. The second-order valence-electron chi connectivity index (χ2n) is 7.33. The number of benzene rings is 1. The van der Waals surface area contributed by atoms with E-state index in [-0.39, 0.29) is 18.0 Å². The van der Waals surface area contributed by atoms with Crippen LogP contribution in [0.3, 0.4) is 0 Å². The van der Waals surface area contributed by atoms with Gasteiger partial charge in [-0.05, 0) is 36.8 Å². The minimum absolute atomic E-state index is 0.162. The molecule has 0 aliphatic heterocycles. The lowest BCUT2D eigenvalue weighted by Crippen LogP contribution is -2.10. The summed E-state index contributed by atoms with van der Waals surface area (Å²) < 4.78 is 46.8. The number of anilines is 2. The van der Waals surface area contributed by atoms with Crippen molar-refractivity contribution in [1.82, 2.24) is 9.97 Å². The van der Waals surface area contributed by atoms with Crippen molar-refractivity contribution in [3.8, 4) is 17.0 Å². The van der Waals surface area contributed by atoms with Gasteiger partial charge in [0, 0.05) is 23.6 Å². The summed E-state index contributed by atoms with van der Waals surface area (Å²) >= 11 is 7.42. The van der Waals surface area contributed by atoms with Crippen molar-refractivity contribution in [3.63, 3.8) is 0 Å². The molecule has 3 rings (SSSR count). The molecule has 0 fully saturated rings. The molecule has 0 amide bonds. The van der Waals surface area contributed by atoms with Crippen LogP contribution in [0.5, 0.6) is 5.75 Å². The molecular formula is C23H25ClF3N3OS. The smallest absolute Gasteiger partial charge is 0.420 e. The highest BCUT2D eigenvalue weighted by Gasteiger charge is 2.34. The maximum Gasteiger partial charge on any atom is 0.420 e. The Kier molecular flexibility index (Phi) is 8.75. The molecule has 3 aromatic rings. The second kappa shape index (κ2) is 11.5. The maximum absolute atomic E-state index is 13.6. The average molecular weight is 484 g/mol. The number of aromatic nitrogens is 2. The van der Waals surface area contributed by atoms with Gasteiger partial charge < -0.3 is 10.1 Å². The number of alkyl halides is 3. The Morgan fingerprint density at radius 2 is 1.88 bits per heavy atom. The number of pyridine rings is 1. The minimum Gasteiger partial charge on any atom is -0.493 e. The van der Waals surface area contributed by atoms with Crippen molar-refractivity contribution in [3.05, 3.63) is 52.6 Å². The number of hydrogen-bond acceptors (Lipinski definition) is 5. The molecule has 0 unspecified atom stereocenters. The van der Waals surface area contributed by atoms with Gasteiger partial charge in [0.1, 0.15) is 15.8 Å². The number of unbranched alkanes of at least 4 members (excludes halogenated alkanes) is 5. The molecule has 0 bridgehead atoms. The molecule has 1 aromatic carbocycles. The molecule has 172 valence electrons. The Hall–Kier alpha value is -2.32. The van der Waals surface area contributed by atoms with Crippen LogP contribution in [0.2, 0.25) is 4.34 Å². The lowest BCUT2D eigenvalue weighted by molar-refractivity contribution is -0.138. The van der Waals surface area contributed by atoms with Gasteiger partial charge in [-0.15, -0.1) is 0 Å². The van der Waals surface area contributed by atoms with Crippen molar-refractivity contribution < 1.29 is 17.9 Å². The molecule has 32 heavy (non-hydrogen) atoms. The number of rotatable bonds is 11. The fourth-order valence-electron chi connectivity index (χ4n) is 3.18. The lowest BCUT2D eigenvalue weighted by atomic mass is 10.1. The Bertz CT molecular complexity index is 996. The molecule has 0 aliphatic carbocycles. The Morgan fingerprint density at radius 1 is 1.09 bits per heavy atom. The highest BCUT2D eigenvalue weighted by atomic mass is 35.5. The molecule has 4 nitrogen and oxygen atoms in total. The quantitative estimate of drug-likeness (QED) is 0.278. The van der Waals surface area contributed by atoms with E-state index in [1.54, 1.807) is 24.5 Å². The molecule has 0 atom stereocenters. The van der Waals surface area contributed by atoms with Crippen LogP contribution in [0.4, 0.5) is 24.0 Å². The van der Waals surface area contributed by atoms with Gasteiger partial charge in [0.25, 0.3) is 0 Å². The predicted molar refractivity (Wildman–Crippen MR) is 124 cm³/mol. The summed E-state index contributed by atoms with van der Waals surface area (Å²) in [6.45, 7) is 2.40. The van der Waals surface area contributed by atoms with Crippen LogP contribution in [0.25, 0.3) is 11.3 Å². The number of nitrogens with zero attached hydrogens (tertiary/aromatic N) is 2. The summed E-state index contributed by atoms with van der Waals surface area (Å²) in [5.41, 5.74) is 0.703. The van der Waals surface area contributed by atoms with E-state index in [4.69, 9.17) is 16.3 Å². The first-order valence-corrected chi connectivity index (χ1v) is 11.8. The van der Waals surface area contributed by atoms with Crippen molar-refractivity contribution in [2.24, 2.45) is 0 Å². The zero-order valence-corrected chi connectivity index (χ0v) is 19.3. The average Bonchev–Trinajstić information content (AvgIpc) is 3.13. The molecule has 9 heteroatoms. The Balaban J connectivity index is 1.68. The van der Waals surface area contributed by atoms with E-state index < -0.39 is 11.7 Å². The zero-order chi connectivity index (χ0) is 23.0. The molecule has 0 spiro atoms. The third kappa shape index (κ3) is 6.84. The third-order valence-electron chi connectivity index (χ3n) is 4.81. The standard InChI is InChI=1S/C23H25ClF3N3OS/c1-2-3-4-5-6-7-13-31-19-11-10-17(14-18(19)23(25,26)27)29-22-30-20(21(24)32-22)16-9-8-12-28-15-16/h8-12,14-15H,2-7,13H2,1H3,(H,29,30). The fraction of sp³-hybridized carbons (Fsp3) is 0.391. The topological polar surface area (TPSA) is 47.0 Å². The highest BCUT2D eigenvalue weighted by Crippen LogP contribution is 2.40. The van der Waals surface area contributed by atoms with Crippen LogP contribution in [-0.4, -0.2) is 16.6 Å². The van der Waals surface area contributed by atoms with Gasteiger partial charge in [0.15, 0.2) is 5.13 Å². The van der Waals surface area contributed by atoms with E-state index >= 15 is 0 Å². The van der Waals surface area contributed by atoms with Crippen LogP contribution in [0.1, 0.15) is 51.0 Å². The van der Waals surface area contributed by atoms with Gasteiger partial charge in [-0.1, -0.05) is 62.0 Å². The summed E-state index contributed by atoms with van der Waals surface area (Å²) in [6, 6.07) is 7.51. The van der Waals surface area contributed by atoms with E-state index in [9.17, 15) is 13.2 Å². The number of halogens is 4. The molecule has 2 heterocycles. The first kappa shape index (κ1) is 24.3. The summed E-state index contributed by atoms with van der Waals surface area (Å²) in [5, 5.41) is 3.31. The van der Waals surface area contributed by atoms with Gasteiger partial charge in [-0.3, -0.25) is 4.98 Å². The summed E-state index contributed by atoms with van der Waals surface area (Å²) in [5.74, 6) is -0.162. The Morgan fingerprint density at radius 3 is 2.59 bits per heavy atom. The molecule has 0 saturated heterocycles. The van der Waals surface area contributed by atoms with E-state index in [0.29, 0.717) is 15.2 Å². The third-order valence-corrected chi connectivity index (χ3v) is 5.98. The first-order chi connectivity index (χ1) is 15.4. The number of thiazole rings is 1.